The second-order valence-electron chi connectivity index (χ2n) is 4.17. The number of amides is 1. The Labute approximate surface area is 98.2 Å². The van der Waals surface area contributed by atoms with E-state index in [0.717, 1.165) is 18.9 Å². The minimum Gasteiger partial charge on any atom is -0.378 e. The second kappa shape index (κ2) is 4.69. The number of anilines is 2. The number of fused-ring (bicyclic) bond motifs is 1. The lowest BCUT2D eigenvalue weighted by Crippen LogP contribution is -2.22. The van der Waals surface area contributed by atoms with Crippen LogP contribution in [0.1, 0.15) is 26.2 Å². The number of hydrogen-bond acceptors (Lipinski definition) is 2. The van der Waals surface area contributed by atoms with Crippen LogP contribution in [0.5, 0.6) is 0 Å². The zero-order valence-corrected chi connectivity index (χ0v) is 9.52. The predicted molar refractivity (Wildman–Crippen MR) is 61.9 cm³/mol. The first-order valence-corrected chi connectivity index (χ1v) is 5.66. The van der Waals surface area contributed by atoms with Gasteiger partial charge in [0, 0.05) is 12.5 Å². The van der Waals surface area contributed by atoms with E-state index in [0.29, 0.717) is 5.69 Å². The molecule has 1 atom stereocenters. The van der Waals surface area contributed by atoms with Gasteiger partial charge in [0.25, 0.3) is 0 Å². The Balaban J connectivity index is 2.38. The van der Waals surface area contributed by atoms with Crippen molar-refractivity contribution in [3.8, 4) is 0 Å². The van der Waals surface area contributed by atoms with Crippen molar-refractivity contribution in [1.82, 2.24) is 0 Å². The van der Waals surface area contributed by atoms with E-state index in [2.05, 4.69) is 10.6 Å². The first-order chi connectivity index (χ1) is 8.11. The Morgan fingerprint density at radius 2 is 2.18 bits per heavy atom. The first-order valence-electron chi connectivity index (χ1n) is 5.66. The summed E-state index contributed by atoms with van der Waals surface area (Å²) in [6.07, 6.45) is 1.88. The number of carbonyl (C=O) groups excluding carboxylic acids is 1. The molecule has 1 amide bonds. The van der Waals surface area contributed by atoms with E-state index in [9.17, 15) is 13.6 Å². The molecule has 0 aromatic heterocycles. The summed E-state index contributed by atoms with van der Waals surface area (Å²) in [5.74, 6) is -2.03. The van der Waals surface area contributed by atoms with Gasteiger partial charge in [0.1, 0.15) is 0 Å². The third-order valence-electron chi connectivity index (χ3n) is 2.79. The molecule has 0 saturated heterocycles. The third-order valence-corrected chi connectivity index (χ3v) is 2.79. The summed E-state index contributed by atoms with van der Waals surface area (Å²) >= 11 is 0. The van der Waals surface area contributed by atoms with Gasteiger partial charge in [-0.05, 0) is 18.6 Å². The molecule has 92 valence electrons. The van der Waals surface area contributed by atoms with E-state index in [1.165, 1.54) is 6.07 Å². The zero-order valence-electron chi connectivity index (χ0n) is 9.52. The summed E-state index contributed by atoms with van der Waals surface area (Å²) in [5.41, 5.74) is 0.349. The molecule has 1 heterocycles. The highest BCUT2D eigenvalue weighted by Gasteiger charge is 2.23. The van der Waals surface area contributed by atoms with E-state index in [4.69, 9.17) is 0 Å². The van der Waals surface area contributed by atoms with Crippen molar-refractivity contribution in [2.45, 2.75) is 32.2 Å². The van der Waals surface area contributed by atoms with Crippen LogP contribution < -0.4 is 10.6 Å². The molecule has 1 unspecified atom stereocenters. The van der Waals surface area contributed by atoms with Crippen molar-refractivity contribution in [3.05, 3.63) is 23.8 Å². The standard InChI is InChI=1S/C12H14F2N2O/c1-2-3-7-6-10(17)16-9-5-4-8(13)11(14)12(9)15-7/h4-5,7,15H,2-3,6H2,1H3,(H,16,17). The van der Waals surface area contributed by atoms with Crippen LogP contribution in [0.3, 0.4) is 0 Å². The molecule has 0 aliphatic carbocycles. The van der Waals surface area contributed by atoms with Gasteiger partial charge in [0.05, 0.1) is 11.4 Å². The lowest BCUT2D eigenvalue weighted by Gasteiger charge is -2.16. The molecule has 3 nitrogen and oxygen atoms in total. The SMILES string of the molecule is CCCC1CC(=O)Nc2ccc(F)c(F)c2N1. The smallest absolute Gasteiger partial charge is 0.226 e. The van der Waals surface area contributed by atoms with Crippen LogP contribution in [0.2, 0.25) is 0 Å². The van der Waals surface area contributed by atoms with Crippen LogP contribution in [-0.4, -0.2) is 11.9 Å². The van der Waals surface area contributed by atoms with Gasteiger partial charge in [-0.15, -0.1) is 0 Å². The maximum Gasteiger partial charge on any atom is 0.226 e. The van der Waals surface area contributed by atoms with Crippen LogP contribution in [0.15, 0.2) is 12.1 Å². The minimum atomic E-state index is -0.939. The molecule has 2 rings (SSSR count). The van der Waals surface area contributed by atoms with Gasteiger partial charge >= 0.3 is 0 Å². The largest absolute Gasteiger partial charge is 0.378 e. The van der Waals surface area contributed by atoms with Crippen LogP contribution in [0.4, 0.5) is 20.2 Å². The lowest BCUT2D eigenvalue weighted by atomic mass is 10.1. The number of nitrogens with one attached hydrogen (secondary N) is 2. The average molecular weight is 240 g/mol. The highest BCUT2D eigenvalue weighted by Crippen LogP contribution is 2.31. The van der Waals surface area contributed by atoms with Crippen LogP contribution in [0.25, 0.3) is 0 Å². The van der Waals surface area contributed by atoms with E-state index in [-0.39, 0.29) is 24.1 Å². The Morgan fingerprint density at radius 1 is 1.41 bits per heavy atom. The molecule has 0 bridgehead atoms. The molecular weight excluding hydrogens is 226 g/mol. The van der Waals surface area contributed by atoms with Crippen molar-refractivity contribution < 1.29 is 13.6 Å². The van der Waals surface area contributed by atoms with Crippen molar-refractivity contribution >= 4 is 17.3 Å². The van der Waals surface area contributed by atoms with Crippen molar-refractivity contribution in [2.75, 3.05) is 10.6 Å². The van der Waals surface area contributed by atoms with E-state index in [1.807, 2.05) is 6.92 Å². The van der Waals surface area contributed by atoms with Crippen molar-refractivity contribution in [2.24, 2.45) is 0 Å². The van der Waals surface area contributed by atoms with Gasteiger partial charge < -0.3 is 10.6 Å². The fraction of sp³-hybridized carbons (Fsp3) is 0.417. The van der Waals surface area contributed by atoms with Crippen LogP contribution >= 0.6 is 0 Å². The van der Waals surface area contributed by atoms with Gasteiger partial charge in [0.15, 0.2) is 11.6 Å². The predicted octanol–water partition coefficient (Wildman–Crippen LogP) is 2.89. The van der Waals surface area contributed by atoms with E-state index in [1.54, 1.807) is 0 Å². The lowest BCUT2D eigenvalue weighted by molar-refractivity contribution is -0.116. The molecule has 2 N–H and O–H groups in total. The van der Waals surface area contributed by atoms with Gasteiger partial charge in [-0.25, -0.2) is 8.78 Å². The summed E-state index contributed by atoms with van der Waals surface area (Å²) < 4.78 is 26.7. The maximum atomic E-state index is 13.6. The molecule has 0 spiro atoms. The minimum absolute atomic E-state index is 0.0503. The molecule has 1 aliphatic rings. The van der Waals surface area contributed by atoms with Crippen molar-refractivity contribution in [1.29, 1.82) is 0 Å². The Morgan fingerprint density at radius 3 is 2.88 bits per heavy atom. The molecule has 5 heteroatoms. The number of hydrogen-bond donors (Lipinski definition) is 2. The molecule has 0 radical (unpaired) electrons. The molecular formula is C12H14F2N2O. The molecule has 1 aromatic carbocycles. The zero-order chi connectivity index (χ0) is 12.4. The molecule has 1 aliphatic heterocycles. The summed E-state index contributed by atoms with van der Waals surface area (Å²) in [7, 11) is 0. The van der Waals surface area contributed by atoms with Crippen molar-refractivity contribution in [3.63, 3.8) is 0 Å². The monoisotopic (exact) mass is 240 g/mol. The number of rotatable bonds is 2. The topological polar surface area (TPSA) is 41.1 Å². The fourth-order valence-electron chi connectivity index (χ4n) is 2.00. The van der Waals surface area contributed by atoms with Gasteiger partial charge in [-0.2, -0.15) is 0 Å². The van der Waals surface area contributed by atoms with Gasteiger partial charge in [-0.1, -0.05) is 13.3 Å². The number of benzene rings is 1. The first kappa shape index (κ1) is 11.8. The molecule has 1 aromatic rings. The Kier molecular flexibility index (Phi) is 3.26. The summed E-state index contributed by atoms with van der Waals surface area (Å²) in [6, 6.07) is 2.22. The Hall–Kier alpha value is -1.65. The summed E-state index contributed by atoms with van der Waals surface area (Å²) in [5, 5.41) is 5.47. The van der Waals surface area contributed by atoms with Gasteiger partial charge in [-0.3, -0.25) is 4.79 Å². The van der Waals surface area contributed by atoms with Crippen LogP contribution in [0, 0.1) is 11.6 Å². The fourth-order valence-corrected chi connectivity index (χ4v) is 2.00. The van der Waals surface area contributed by atoms with Crippen LogP contribution in [-0.2, 0) is 4.79 Å². The second-order valence-corrected chi connectivity index (χ2v) is 4.17. The Bertz CT molecular complexity index is 448. The van der Waals surface area contributed by atoms with Gasteiger partial charge in [0.2, 0.25) is 5.91 Å². The van der Waals surface area contributed by atoms with E-state index >= 15 is 0 Å². The van der Waals surface area contributed by atoms with E-state index < -0.39 is 11.6 Å². The highest BCUT2D eigenvalue weighted by molar-refractivity contribution is 5.96. The highest BCUT2D eigenvalue weighted by atomic mass is 19.2. The average Bonchev–Trinajstić information content (AvgIpc) is 2.43. The quantitative estimate of drug-likeness (QED) is 0.834. The third kappa shape index (κ3) is 2.38. The number of halogens is 2. The molecule has 0 saturated carbocycles. The molecule has 0 fully saturated rings. The summed E-state index contributed by atoms with van der Waals surface area (Å²) in [6.45, 7) is 1.98. The normalized spacial score (nSPS) is 19.0. The molecule has 17 heavy (non-hydrogen) atoms. The summed E-state index contributed by atoms with van der Waals surface area (Å²) in [4.78, 5) is 11.6. The number of carbonyl (C=O) groups is 1. The maximum absolute atomic E-state index is 13.6.